The molecule has 2 rings (SSSR count). The Hall–Kier alpha value is -0.830. The van der Waals surface area contributed by atoms with Crippen LogP contribution in [0.15, 0.2) is 22.7 Å². The molecule has 2 unspecified atom stereocenters. The summed E-state index contributed by atoms with van der Waals surface area (Å²) in [6.07, 6.45) is 3.13. The number of aliphatic carboxylic acids is 1. The molecule has 0 radical (unpaired) electrons. The number of halogens is 1. The highest BCUT2D eigenvalue weighted by Crippen LogP contribution is 2.40. The highest BCUT2D eigenvalue weighted by Gasteiger charge is 2.30. The summed E-state index contributed by atoms with van der Waals surface area (Å²) in [5, 5.41) is 9.14. The fraction of sp³-hybridized carbons (Fsp3) is 0.462. The third-order valence-corrected chi connectivity index (χ3v) is 4.16. The van der Waals surface area contributed by atoms with Crippen molar-refractivity contribution in [1.82, 2.24) is 0 Å². The molecular formula is C13H15BrO2. The van der Waals surface area contributed by atoms with Crippen LogP contribution in [0.2, 0.25) is 0 Å². The molecule has 0 bridgehead atoms. The largest absolute Gasteiger partial charge is 0.481 e. The Kier molecular flexibility index (Phi) is 3.33. The maximum absolute atomic E-state index is 11.1. The van der Waals surface area contributed by atoms with Gasteiger partial charge in [-0.3, -0.25) is 4.79 Å². The topological polar surface area (TPSA) is 37.3 Å². The Bertz CT molecular complexity index is 414. The zero-order valence-corrected chi connectivity index (χ0v) is 10.8. The number of hydrogen-bond donors (Lipinski definition) is 1. The van der Waals surface area contributed by atoms with Crippen LogP contribution in [-0.2, 0) is 11.2 Å². The lowest BCUT2D eigenvalue weighted by atomic mass is 9.76. The number of benzene rings is 1. The Morgan fingerprint density at radius 2 is 2.31 bits per heavy atom. The average molecular weight is 283 g/mol. The van der Waals surface area contributed by atoms with E-state index in [0.29, 0.717) is 0 Å². The van der Waals surface area contributed by atoms with Gasteiger partial charge in [0.1, 0.15) is 0 Å². The van der Waals surface area contributed by atoms with Crippen LogP contribution in [0.4, 0.5) is 0 Å². The van der Waals surface area contributed by atoms with E-state index in [4.69, 9.17) is 5.11 Å². The minimum absolute atomic E-state index is 0.150. The maximum atomic E-state index is 11.1. The molecule has 2 atom stereocenters. The number of rotatable bonds is 2. The van der Waals surface area contributed by atoms with E-state index in [1.54, 1.807) is 0 Å². The van der Waals surface area contributed by atoms with E-state index in [1.807, 2.05) is 19.1 Å². The number of carbonyl (C=O) groups is 1. The standard InChI is InChI=1S/C13H15BrO2/c1-8(13(15)16)10-6-2-4-9-5-3-7-11(14)12(9)10/h3,5,7-8,10H,2,4,6H2,1H3,(H,15,16). The van der Waals surface area contributed by atoms with Crippen molar-refractivity contribution >= 4 is 21.9 Å². The number of carboxylic acid groups (broad SMARTS) is 1. The van der Waals surface area contributed by atoms with Crippen molar-refractivity contribution in [2.24, 2.45) is 5.92 Å². The van der Waals surface area contributed by atoms with Crippen LogP contribution in [0.1, 0.15) is 36.8 Å². The fourth-order valence-electron chi connectivity index (χ4n) is 2.54. The van der Waals surface area contributed by atoms with Crippen molar-refractivity contribution in [1.29, 1.82) is 0 Å². The molecule has 1 aromatic rings. The van der Waals surface area contributed by atoms with Gasteiger partial charge in [0.25, 0.3) is 0 Å². The molecule has 0 saturated carbocycles. The minimum atomic E-state index is -0.700. The zero-order valence-electron chi connectivity index (χ0n) is 9.24. The maximum Gasteiger partial charge on any atom is 0.306 e. The molecule has 0 heterocycles. The first-order valence-electron chi connectivity index (χ1n) is 5.61. The molecule has 1 aliphatic rings. The third kappa shape index (κ3) is 2.01. The molecule has 1 aliphatic carbocycles. The van der Waals surface area contributed by atoms with E-state index in [0.717, 1.165) is 23.7 Å². The Labute approximate surface area is 104 Å². The highest BCUT2D eigenvalue weighted by molar-refractivity contribution is 9.10. The second kappa shape index (κ2) is 4.58. The predicted molar refractivity (Wildman–Crippen MR) is 66.6 cm³/mol. The molecule has 0 aromatic heterocycles. The highest BCUT2D eigenvalue weighted by atomic mass is 79.9. The van der Waals surface area contributed by atoms with Crippen LogP contribution in [0, 0.1) is 5.92 Å². The van der Waals surface area contributed by atoms with Gasteiger partial charge in [0.05, 0.1) is 5.92 Å². The predicted octanol–water partition coefficient (Wildman–Crippen LogP) is 3.59. The minimum Gasteiger partial charge on any atom is -0.481 e. The van der Waals surface area contributed by atoms with Crippen LogP contribution in [-0.4, -0.2) is 11.1 Å². The van der Waals surface area contributed by atoms with Crippen molar-refractivity contribution in [2.75, 3.05) is 0 Å². The Balaban J connectivity index is 2.43. The van der Waals surface area contributed by atoms with Gasteiger partial charge in [-0.15, -0.1) is 0 Å². The van der Waals surface area contributed by atoms with Crippen molar-refractivity contribution in [3.8, 4) is 0 Å². The second-order valence-electron chi connectivity index (χ2n) is 4.44. The van der Waals surface area contributed by atoms with Gasteiger partial charge in [-0.05, 0) is 42.4 Å². The summed E-state index contributed by atoms with van der Waals surface area (Å²) in [5.74, 6) is -0.858. The molecule has 1 aromatic carbocycles. The smallest absolute Gasteiger partial charge is 0.306 e. The summed E-state index contributed by atoms with van der Waals surface area (Å²) in [6, 6.07) is 6.14. The second-order valence-corrected chi connectivity index (χ2v) is 5.29. The lowest BCUT2D eigenvalue weighted by molar-refractivity contribution is -0.142. The van der Waals surface area contributed by atoms with Crippen LogP contribution >= 0.6 is 15.9 Å². The average Bonchev–Trinajstić information content (AvgIpc) is 2.27. The lowest BCUT2D eigenvalue weighted by Crippen LogP contribution is -2.23. The van der Waals surface area contributed by atoms with Crippen molar-refractivity contribution in [3.63, 3.8) is 0 Å². The molecule has 3 heteroatoms. The zero-order chi connectivity index (χ0) is 11.7. The molecule has 0 spiro atoms. The summed E-state index contributed by atoms with van der Waals surface area (Å²) in [6.45, 7) is 1.81. The monoisotopic (exact) mass is 282 g/mol. The quantitative estimate of drug-likeness (QED) is 0.900. The number of fused-ring (bicyclic) bond motifs is 1. The van der Waals surface area contributed by atoms with E-state index in [-0.39, 0.29) is 11.8 Å². The van der Waals surface area contributed by atoms with Gasteiger partial charge in [0, 0.05) is 4.47 Å². The molecule has 0 amide bonds. The van der Waals surface area contributed by atoms with Gasteiger partial charge < -0.3 is 5.11 Å². The van der Waals surface area contributed by atoms with Crippen molar-refractivity contribution in [2.45, 2.75) is 32.1 Å². The summed E-state index contributed by atoms with van der Waals surface area (Å²) in [4.78, 5) is 11.1. The number of hydrogen-bond acceptors (Lipinski definition) is 1. The first kappa shape index (κ1) is 11.6. The molecule has 86 valence electrons. The summed E-state index contributed by atoms with van der Waals surface area (Å²) < 4.78 is 1.06. The summed E-state index contributed by atoms with van der Waals surface area (Å²) >= 11 is 3.55. The lowest BCUT2D eigenvalue weighted by Gasteiger charge is -2.29. The van der Waals surface area contributed by atoms with Crippen molar-refractivity contribution in [3.05, 3.63) is 33.8 Å². The van der Waals surface area contributed by atoms with E-state index in [9.17, 15) is 4.79 Å². The molecule has 1 N–H and O–H groups in total. The number of aryl methyl sites for hydroxylation is 1. The fourth-order valence-corrected chi connectivity index (χ4v) is 3.25. The van der Waals surface area contributed by atoms with Gasteiger partial charge in [-0.1, -0.05) is 35.0 Å². The van der Waals surface area contributed by atoms with Crippen molar-refractivity contribution < 1.29 is 9.90 Å². The van der Waals surface area contributed by atoms with Gasteiger partial charge in [-0.2, -0.15) is 0 Å². The third-order valence-electron chi connectivity index (χ3n) is 3.47. The SMILES string of the molecule is CC(C(=O)O)C1CCCc2cccc(Br)c21. The van der Waals surface area contributed by atoms with Crippen LogP contribution in [0.3, 0.4) is 0 Å². The van der Waals surface area contributed by atoms with Crippen LogP contribution in [0.5, 0.6) is 0 Å². The molecule has 16 heavy (non-hydrogen) atoms. The first-order valence-corrected chi connectivity index (χ1v) is 6.40. The first-order chi connectivity index (χ1) is 7.61. The van der Waals surface area contributed by atoms with E-state index in [1.165, 1.54) is 11.1 Å². The summed E-state index contributed by atoms with van der Waals surface area (Å²) in [5.41, 5.74) is 2.52. The molecule has 0 aliphatic heterocycles. The Morgan fingerprint density at radius 3 is 3.00 bits per heavy atom. The molecule has 0 saturated heterocycles. The van der Waals surface area contributed by atoms with Crippen LogP contribution in [0.25, 0.3) is 0 Å². The number of carboxylic acids is 1. The Morgan fingerprint density at radius 1 is 1.56 bits per heavy atom. The summed E-state index contributed by atoms with van der Waals surface area (Å²) in [7, 11) is 0. The normalized spacial score (nSPS) is 21.2. The van der Waals surface area contributed by atoms with Gasteiger partial charge in [0.2, 0.25) is 0 Å². The van der Waals surface area contributed by atoms with E-state index >= 15 is 0 Å². The molecule has 0 fully saturated rings. The van der Waals surface area contributed by atoms with E-state index < -0.39 is 5.97 Å². The molecular weight excluding hydrogens is 268 g/mol. The van der Waals surface area contributed by atoms with Gasteiger partial charge in [-0.25, -0.2) is 0 Å². The van der Waals surface area contributed by atoms with E-state index in [2.05, 4.69) is 22.0 Å². The van der Waals surface area contributed by atoms with Crippen LogP contribution < -0.4 is 0 Å². The molecule has 2 nitrogen and oxygen atoms in total. The van der Waals surface area contributed by atoms with Gasteiger partial charge >= 0.3 is 5.97 Å². The van der Waals surface area contributed by atoms with Gasteiger partial charge in [0.15, 0.2) is 0 Å².